The average molecular weight is 296 g/mol. The molecule has 1 unspecified atom stereocenters. The van der Waals surface area contributed by atoms with E-state index in [-0.39, 0.29) is 5.97 Å². The lowest BCUT2D eigenvalue weighted by Gasteiger charge is -2.36. The molecule has 1 aliphatic carbocycles. The van der Waals surface area contributed by atoms with Crippen molar-refractivity contribution in [1.82, 2.24) is 10.2 Å². The highest BCUT2D eigenvalue weighted by Gasteiger charge is 2.25. The predicted octanol–water partition coefficient (Wildman–Crippen LogP) is 2.72. The molecule has 0 spiro atoms. The van der Waals surface area contributed by atoms with Gasteiger partial charge in [0.25, 0.3) is 0 Å². The topological polar surface area (TPSA) is 41.6 Å². The summed E-state index contributed by atoms with van der Waals surface area (Å²) in [6.07, 6.45) is 10.7. The summed E-state index contributed by atoms with van der Waals surface area (Å²) in [7, 11) is 0. The quantitative estimate of drug-likeness (QED) is 0.497. The Bertz CT molecular complexity index is 305. The first-order valence-electron chi connectivity index (χ1n) is 8.92. The van der Waals surface area contributed by atoms with Gasteiger partial charge in [-0.05, 0) is 58.5 Å². The summed E-state index contributed by atoms with van der Waals surface area (Å²) < 4.78 is 4.96. The fraction of sp³-hybridized carbons (Fsp3) is 0.941. The Morgan fingerprint density at radius 1 is 1.19 bits per heavy atom. The standard InChI is InChI=1S/C17H32N2O2/c1-2-21-17(20)9-4-3-6-12-19-13-7-5-8-16(19)14-18-15-10-11-15/h15-16,18H,2-14H2,1H3. The molecule has 1 N–H and O–H groups in total. The molecule has 1 saturated carbocycles. The van der Waals surface area contributed by atoms with Gasteiger partial charge in [-0.3, -0.25) is 9.69 Å². The van der Waals surface area contributed by atoms with Crippen molar-refractivity contribution in [1.29, 1.82) is 0 Å². The fourth-order valence-electron chi connectivity index (χ4n) is 3.17. The molecule has 1 aliphatic heterocycles. The van der Waals surface area contributed by atoms with Crippen LogP contribution in [0.3, 0.4) is 0 Å². The van der Waals surface area contributed by atoms with Crippen molar-refractivity contribution in [3.63, 3.8) is 0 Å². The van der Waals surface area contributed by atoms with Crippen LogP contribution in [0.1, 0.15) is 64.7 Å². The van der Waals surface area contributed by atoms with Crippen molar-refractivity contribution in [3.05, 3.63) is 0 Å². The molecule has 122 valence electrons. The largest absolute Gasteiger partial charge is 0.466 e. The highest BCUT2D eigenvalue weighted by Crippen LogP contribution is 2.21. The Balaban J connectivity index is 1.55. The molecule has 4 nitrogen and oxygen atoms in total. The number of carbonyl (C=O) groups excluding carboxylic acids is 1. The van der Waals surface area contributed by atoms with Gasteiger partial charge >= 0.3 is 5.97 Å². The van der Waals surface area contributed by atoms with E-state index in [1.807, 2.05) is 6.92 Å². The zero-order chi connectivity index (χ0) is 14.9. The zero-order valence-electron chi connectivity index (χ0n) is 13.6. The molecule has 21 heavy (non-hydrogen) atoms. The Morgan fingerprint density at radius 2 is 2.05 bits per heavy atom. The van der Waals surface area contributed by atoms with E-state index in [2.05, 4.69) is 10.2 Å². The minimum atomic E-state index is -0.0398. The number of piperidine rings is 1. The minimum Gasteiger partial charge on any atom is -0.466 e. The zero-order valence-corrected chi connectivity index (χ0v) is 13.6. The second-order valence-electron chi connectivity index (χ2n) is 6.48. The van der Waals surface area contributed by atoms with Crippen LogP contribution >= 0.6 is 0 Å². The molecule has 0 aromatic rings. The molecule has 1 heterocycles. The Hall–Kier alpha value is -0.610. The average Bonchev–Trinajstić information content (AvgIpc) is 3.30. The lowest BCUT2D eigenvalue weighted by atomic mass is 10.0. The van der Waals surface area contributed by atoms with Crippen LogP contribution in [0.15, 0.2) is 0 Å². The molecule has 2 rings (SSSR count). The SMILES string of the molecule is CCOC(=O)CCCCCN1CCCCC1CNC1CC1. The van der Waals surface area contributed by atoms with Crippen LogP contribution in [-0.2, 0) is 9.53 Å². The number of hydrogen-bond donors (Lipinski definition) is 1. The lowest BCUT2D eigenvalue weighted by Crippen LogP contribution is -2.46. The van der Waals surface area contributed by atoms with E-state index >= 15 is 0 Å². The number of carbonyl (C=O) groups is 1. The van der Waals surface area contributed by atoms with E-state index in [0.29, 0.717) is 13.0 Å². The maximum absolute atomic E-state index is 11.3. The summed E-state index contributed by atoms with van der Waals surface area (Å²) >= 11 is 0. The summed E-state index contributed by atoms with van der Waals surface area (Å²) in [5.41, 5.74) is 0. The first-order chi connectivity index (χ1) is 10.3. The first kappa shape index (κ1) is 16.8. The van der Waals surface area contributed by atoms with Crippen LogP contribution in [0.2, 0.25) is 0 Å². The lowest BCUT2D eigenvalue weighted by molar-refractivity contribution is -0.143. The van der Waals surface area contributed by atoms with Gasteiger partial charge in [0.1, 0.15) is 0 Å². The van der Waals surface area contributed by atoms with Gasteiger partial charge in [-0.25, -0.2) is 0 Å². The van der Waals surface area contributed by atoms with Crippen LogP contribution < -0.4 is 5.32 Å². The molecule has 0 aromatic heterocycles. The molecule has 1 atom stereocenters. The third-order valence-corrected chi connectivity index (χ3v) is 4.60. The highest BCUT2D eigenvalue weighted by atomic mass is 16.5. The van der Waals surface area contributed by atoms with E-state index in [4.69, 9.17) is 4.74 Å². The summed E-state index contributed by atoms with van der Waals surface area (Å²) in [6.45, 7) is 5.99. The molecule has 0 aromatic carbocycles. The van der Waals surface area contributed by atoms with Gasteiger partial charge < -0.3 is 10.1 Å². The third kappa shape index (κ3) is 6.79. The van der Waals surface area contributed by atoms with Crippen molar-refractivity contribution in [2.45, 2.75) is 76.8 Å². The van der Waals surface area contributed by atoms with E-state index < -0.39 is 0 Å². The maximum Gasteiger partial charge on any atom is 0.305 e. The number of hydrogen-bond acceptors (Lipinski definition) is 4. The van der Waals surface area contributed by atoms with Crippen molar-refractivity contribution in [2.24, 2.45) is 0 Å². The number of likely N-dealkylation sites (tertiary alicyclic amines) is 1. The van der Waals surface area contributed by atoms with Gasteiger partial charge in [-0.2, -0.15) is 0 Å². The van der Waals surface area contributed by atoms with Crippen LogP contribution in [0, 0.1) is 0 Å². The molecular weight excluding hydrogens is 264 g/mol. The van der Waals surface area contributed by atoms with Gasteiger partial charge in [0.15, 0.2) is 0 Å². The van der Waals surface area contributed by atoms with E-state index in [9.17, 15) is 4.79 Å². The number of nitrogens with zero attached hydrogens (tertiary/aromatic N) is 1. The Morgan fingerprint density at radius 3 is 2.81 bits per heavy atom. The summed E-state index contributed by atoms with van der Waals surface area (Å²) in [6, 6.07) is 1.56. The van der Waals surface area contributed by atoms with Gasteiger partial charge in [0.05, 0.1) is 6.61 Å². The van der Waals surface area contributed by atoms with Crippen LogP contribution in [0.25, 0.3) is 0 Å². The number of nitrogens with one attached hydrogen (secondary N) is 1. The number of unbranched alkanes of at least 4 members (excludes halogenated alkanes) is 2. The summed E-state index contributed by atoms with van der Waals surface area (Å²) in [5.74, 6) is -0.0398. The smallest absolute Gasteiger partial charge is 0.305 e. The van der Waals surface area contributed by atoms with Gasteiger partial charge in [-0.1, -0.05) is 12.8 Å². The molecule has 0 radical (unpaired) electrons. The molecule has 2 fully saturated rings. The van der Waals surface area contributed by atoms with Crippen molar-refractivity contribution in [3.8, 4) is 0 Å². The number of esters is 1. The molecule has 2 aliphatic rings. The number of rotatable bonds is 10. The van der Waals surface area contributed by atoms with Gasteiger partial charge in [-0.15, -0.1) is 0 Å². The second-order valence-corrected chi connectivity index (χ2v) is 6.48. The Kier molecular flexibility index (Phi) is 7.51. The van der Waals surface area contributed by atoms with E-state index in [0.717, 1.165) is 24.9 Å². The molecular formula is C17H32N2O2. The highest BCUT2D eigenvalue weighted by molar-refractivity contribution is 5.69. The molecule has 0 amide bonds. The van der Waals surface area contributed by atoms with E-state index in [1.165, 1.54) is 58.2 Å². The van der Waals surface area contributed by atoms with Crippen LogP contribution in [0.4, 0.5) is 0 Å². The van der Waals surface area contributed by atoms with Crippen molar-refractivity contribution >= 4 is 5.97 Å². The molecule has 4 heteroatoms. The molecule has 0 bridgehead atoms. The van der Waals surface area contributed by atoms with Gasteiger partial charge in [0.2, 0.25) is 0 Å². The maximum atomic E-state index is 11.3. The minimum absolute atomic E-state index is 0.0398. The second kappa shape index (κ2) is 9.42. The predicted molar refractivity (Wildman–Crippen MR) is 85.3 cm³/mol. The first-order valence-corrected chi connectivity index (χ1v) is 8.92. The fourth-order valence-corrected chi connectivity index (χ4v) is 3.17. The normalized spacial score (nSPS) is 23.2. The Labute approximate surface area is 129 Å². The van der Waals surface area contributed by atoms with Gasteiger partial charge in [0, 0.05) is 25.0 Å². The molecule has 1 saturated heterocycles. The number of ether oxygens (including phenoxy) is 1. The van der Waals surface area contributed by atoms with E-state index in [1.54, 1.807) is 0 Å². The van der Waals surface area contributed by atoms with Crippen molar-refractivity contribution in [2.75, 3.05) is 26.2 Å². The monoisotopic (exact) mass is 296 g/mol. The summed E-state index contributed by atoms with van der Waals surface area (Å²) in [4.78, 5) is 13.9. The summed E-state index contributed by atoms with van der Waals surface area (Å²) in [5, 5.41) is 3.68. The van der Waals surface area contributed by atoms with Crippen LogP contribution in [-0.4, -0.2) is 49.2 Å². The van der Waals surface area contributed by atoms with Crippen LogP contribution in [0.5, 0.6) is 0 Å². The third-order valence-electron chi connectivity index (χ3n) is 4.60. The van der Waals surface area contributed by atoms with Crippen molar-refractivity contribution < 1.29 is 9.53 Å².